The van der Waals surface area contributed by atoms with Crippen LogP contribution in [0.2, 0.25) is 0 Å². The summed E-state index contributed by atoms with van der Waals surface area (Å²) in [6, 6.07) is 6.53. The van der Waals surface area contributed by atoms with Crippen molar-refractivity contribution in [3.05, 3.63) is 29.3 Å². The van der Waals surface area contributed by atoms with Crippen molar-refractivity contribution in [1.82, 2.24) is 9.80 Å². The van der Waals surface area contributed by atoms with Crippen LogP contribution >= 0.6 is 0 Å². The molecule has 0 N–H and O–H groups in total. The Morgan fingerprint density at radius 2 is 1.92 bits per heavy atom. The number of aryl methyl sites for hydroxylation is 2. The average Bonchev–Trinajstić information content (AvgIpc) is 3.45. The van der Waals surface area contributed by atoms with E-state index in [1.54, 1.807) is 4.90 Å². The summed E-state index contributed by atoms with van der Waals surface area (Å²) in [6.07, 6.45) is 4.19. The van der Waals surface area contributed by atoms with Gasteiger partial charge in [-0.15, -0.1) is 0 Å². The summed E-state index contributed by atoms with van der Waals surface area (Å²) in [7, 11) is 1.86. The van der Waals surface area contributed by atoms with E-state index in [9.17, 15) is 9.59 Å². The molecule has 0 radical (unpaired) electrons. The molecule has 1 aliphatic heterocycles. The molecule has 1 atom stereocenters. The van der Waals surface area contributed by atoms with Gasteiger partial charge in [-0.1, -0.05) is 18.2 Å². The molecule has 3 rings (SSSR count). The average molecular weight is 358 g/mol. The van der Waals surface area contributed by atoms with Crippen LogP contribution in [0, 0.1) is 19.8 Å². The molecule has 1 aromatic rings. The van der Waals surface area contributed by atoms with Crippen LogP contribution in [0.25, 0.3) is 0 Å². The van der Waals surface area contributed by atoms with Gasteiger partial charge in [0.15, 0.2) is 0 Å². The topological polar surface area (TPSA) is 49.9 Å². The lowest BCUT2D eigenvalue weighted by Crippen LogP contribution is -2.47. The van der Waals surface area contributed by atoms with Crippen molar-refractivity contribution in [2.75, 3.05) is 26.7 Å². The van der Waals surface area contributed by atoms with Gasteiger partial charge in [-0.25, -0.2) is 0 Å². The Hall–Kier alpha value is -2.04. The van der Waals surface area contributed by atoms with Gasteiger partial charge in [-0.2, -0.15) is 0 Å². The first-order valence-corrected chi connectivity index (χ1v) is 9.71. The monoisotopic (exact) mass is 358 g/mol. The fourth-order valence-electron chi connectivity index (χ4n) is 3.74. The van der Waals surface area contributed by atoms with Crippen molar-refractivity contribution >= 4 is 11.8 Å². The summed E-state index contributed by atoms with van der Waals surface area (Å²) < 4.78 is 5.92. The lowest BCUT2D eigenvalue weighted by Gasteiger charge is -2.34. The molecule has 5 nitrogen and oxygen atoms in total. The zero-order chi connectivity index (χ0) is 18.7. The van der Waals surface area contributed by atoms with E-state index in [0.29, 0.717) is 38.6 Å². The molecular weight excluding hydrogens is 328 g/mol. The molecule has 142 valence electrons. The molecule has 0 spiro atoms. The molecule has 5 heteroatoms. The number of nitrogens with zero attached hydrogens (tertiary/aromatic N) is 2. The van der Waals surface area contributed by atoms with Gasteiger partial charge >= 0.3 is 0 Å². The van der Waals surface area contributed by atoms with Crippen LogP contribution in [-0.2, 0) is 9.59 Å². The Labute approximate surface area is 156 Å². The molecule has 2 amide bonds. The summed E-state index contributed by atoms with van der Waals surface area (Å²) in [5.74, 6) is 1.29. The molecule has 1 saturated heterocycles. The van der Waals surface area contributed by atoms with E-state index in [1.807, 2.05) is 44.0 Å². The van der Waals surface area contributed by atoms with Crippen LogP contribution in [0.1, 0.15) is 43.2 Å². The number of hydrogen-bond acceptors (Lipinski definition) is 3. The quantitative estimate of drug-likeness (QED) is 0.704. The highest BCUT2D eigenvalue weighted by molar-refractivity contribution is 5.84. The van der Waals surface area contributed by atoms with E-state index in [4.69, 9.17) is 4.74 Å². The second-order valence-corrected chi connectivity index (χ2v) is 7.70. The molecule has 2 fully saturated rings. The predicted octanol–water partition coefficient (Wildman–Crippen LogP) is 2.93. The second-order valence-electron chi connectivity index (χ2n) is 7.70. The van der Waals surface area contributed by atoms with E-state index >= 15 is 0 Å². The first kappa shape index (κ1) is 18.7. The van der Waals surface area contributed by atoms with Gasteiger partial charge in [0.1, 0.15) is 5.75 Å². The van der Waals surface area contributed by atoms with Crippen molar-refractivity contribution in [2.45, 2.75) is 52.0 Å². The van der Waals surface area contributed by atoms with Gasteiger partial charge in [0, 0.05) is 32.6 Å². The maximum atomic E-state index is 12.7. The van der Waals surface area contributed by atoms with Crippen molar-refractivity contribution in [1.29, 1.82) is 0 Å². The van der Waals surface area contributed by atoms with Crippen LogP contribution in [-0.4, -0.2) is 54.4 Å². The summed E-state index contributed by atoms with van der Waals surface area (Å²) >= 11 is 0. The zero-order valence-corrected chi connectivity index (χ0v) is 16.2. The highest BCUT2D eigenvalue weighted by Crippen LogP contribution is 2.32. The van der Waals surface area contributed by atoms with E-state index < -0.39 is 0 Å². The minimum absolute atomic E-state index is 0.0437. The van der Waals surface area contributed by atoms with E-state index in [-0.39, 0.29) is 17.7 Å². The highest BCUT2D eigenvalue weighted by atomic mass is 16.5. The van der Waals surface area contributed by atoms with Crippen LogP contribution in [0.3, 0.4) is 0 Å². The number of hydrogen-bond donors (Lipinski definition) is 0. The standard InChI is InChI=1S/C21H30N2O3/c1-15-6-4-7-16(2)20(15)26-13-5-12-22(3)21(25)17-8-11-19(24)23(14-17)18-9-10-18/h4,6-7,17-18H,5,8-14H2,1-3H3. The van der Waals surface area contributed by atoms with Gasteiger partial charge in [0.05, 0.1) is 12.5 Å². The minimum atomic E-state index is -0.0437. The number of likely N-dealkylation sites (tertiary alicyclic amines) is 1. The number of benzene rings is 1. The van der Waals surface area contributed by atoms with Gasteiger partial charge in [0.25, 0.3) is 0 Å². The summed E-state index contributed by atoms with van der Waals surface area (Å²) in [4.78, 5) is 28.5. The Bertz CT molecular complexity index is 649. The van der Waals surface area contributed by atoms with Crippen molar-refractivity contribution in [2.24, 2.45) is 5.92 Å². The molecule has 1 heterocycles. The third kappa shape index (κ3) is 4.37. The van der Waals surface area contributed by atoms with Crippen LogP contribution in [0.5, 0.6) is 5.75 Å². The molecule has 1 aliphatic carbocycles. The van der Waals surface area contributed by atoms with Gasteiger partial charge in [-0.3, -0.25) is 9.59 Å². The Kier molecular flexibility index (Phi) is 5.84. The van der Waals surface area contributed by atoms with Crippen LogP contribution in [0.15, 0.2) is 18.2 Å². The number of ether oxygens (including phenoxy) is 1. The normalized spacial score (nSPS) is 20.2. The third-order valence-electron chi connectivity index (χ3n) is 5.45. The molecule has 0 aromatic heterocycles. The number of piperidine rings is 1. The van der Waals surface area contributed by atoms with E-state index in [1.165, 1.54) is 0 Å². The maximum absolute atomic E-state index is 12.7. The van der Waals surface area contributed by atoms with Crippen LogP contribution < -0.4 is 4.74 Å². The zero-order valence-electron chi connectivity index (χ0n) is 16.2. The Morgan fingerprint density at radius 1 is 1.23 bits per heavy atom. The van der Waals surface area contributed by atoms with Gasteiger partial charge in [-0.05, 0) is 50.7 Å². The molecule has 26 heavy (non-hydrogen) atoms. The first-order chi connectivity index (χ1) is 12.5. The lowest BCUT2D eigenvalue weighted by atomic mass is 9.96. The lowest BCUT2D eigenvalue weighted by molar-refractivity contribution is -0.142. The van der Waals surface area contributed by atoms with Gasteiger partial charge < -0.3 is 14.5 Å². The molecule has 1 saturated carbocycles. The van der Waals surface area contributed by atoms with E-state index in [0.717, 1.165) is 36.1 Å². The predicted molar refractivity (Wildman–Crippen MR) is 101 cm³/mol. The number of para-hydroxylation sites is 1. The van der Waals surface area contributed by atoms with Crippen molar-refractivity contribution in [3.63, 3.8) is 0 Å². The van der Waals surface area contributed by atoms with Crippen LogP contribution in [0.4, 0.5) is 0 Å². The van der Waals surface area contributed by atoms with E-state index in [2.05, 4.69) is 0 Å². The van der Waals surface area contributed by atoms with Crippen molar-refractivity contribution < 1.29 is 14.3 Å². The fraction of sp³-hybridized carbons (Fsp3) is 0.619. The first-order valence-electron chi connectivity index (χ1n) is 9.71. The number of carbonyl (C=O) groups excluding carboxylic acids is 2. The summed E-state index contributed by atoms with van der Waals surface area (Å²) in [5.41, 5.74) is 2.28. The Morgan fingerprint density at radius 3 is 2.58 bits per heavy atom. The molecular formula is C21H30N2O3. The number of amides is 2. The molecule has 1 unspecified atom stereocenters. The minimum Gasteiger partial charge on any atom is -0.493 e. The maximum Gasteiger partial charge on any atom is 0.227 e. The third-order valence-corrected chi connectivity index (χ3v) is 5.45. The number of rotatable bonds is 7. The summed E-state index contributed by atoms with van der Waals surface area (Å²) in [6.45, 7) is 5.98. The van der Waals surface area contributed by atoms with Gasteiger partial charge in [0.2, 0.25) is 11.8 Å². The molecule has 0 bridgehead atoms. The smallest absolute Gasteiger partial charge is 0.227 e. The molecule has 1 aromatic carbocycles. The fourth-order valence-corrected chi connectivity index (χ4v) is 3.74. The van der Waals surface area contributed by atoms with Crippen molar-refractivity contribution in [3.8, 4) is 5.75 Å². The summed E-state index contributed by atoms with van der Waals surface area (Å²) in [5, 5.41) is 0. The largest absolute Gasteiger partial charge is 0.493 e. The molecule has 2 aliphatic rings. The SMILES string of the molecule is Cc1cccc(C)c1OCCCN(C)C(=O)C1CCC(=O)N(C2CC2)C1. The second kappa shape index (κ2) is 8.11. The number of carbonyl (C=O) groups is 2. The Balaban J connectivity index is 1.43. The highest BCUT2D eigenvalue weighted by Gasteiger charge is 2.39.